The van der Waals surface area contributed by atoms with Crippen LogP contribution in [-0.4, -0.2) is 31.6 Å². The molecule has 0 saturated carbocycles. The van der Waals surface area contributed by atoms with Crippen molar-refractivity contribution in [3.05, 3.63) is 35.4 Å². The van der Waals surface area contributed by atoms with E-state index in [9.17, 15) is 22.8 Å². The monoisotopic (exact) mass is 347 g/mol. The first-order chi connectivity index (χ1) is 11.0. The van der Waals surface area contributed by atoms with E-state index in [0.29, 0.717) is 0 Å². The summed E-state index contributed by atoms with van der Waals surface area (Å²) < 4.78 is 43.5. The molecule has 0 aromatic heterocycles. The Balaban J connectivity index is 3.13. The zero-order valence-corrected chi connectivity index (χ0v) is 13.3. The smallest absolute Gasteiger partial charge is 0.380 e. The van der Waals surface area contributed by atoms with Gasteiger partial charge in [-0.1, -0.05) is 12.1 Å². The van der Waals surface area contributed by atoms with Crippen molar-refractivity contribution in [2.24, 2.45) is 11.5 Å². The van der Waals surface area contributed by atoms with Crippen LogP contribution in [0.15, 0.2) is 24.3 Å². The SMILES string of the molecule is COC(CN)CC(=O)NC(C)(C(N)=O)c1cccc(C(F)(F)F)c1. The molecular formula is C15H20F3N3O3. The van der Waals surface area contributed by atoms with Gasteiger partial charge in [0.05, 0.1) is 18.1 Å². The molecule has 0 spiro atoms. The molecule has 2 amide bonds. The van der Waals surface area contributed by atoms with E-state index >= 15 is 0 Å². The molecule has 0 saturated heterocycles. The number of primary amides is 1. The number of hydrogen-bond acceptors (Lipinski definition) is 4. The minimum absolute atomic E-state index is 0.0695. The van der Waals surface area contributed by atoms with E-state index in [0.717, 1.165) is 18.2 Å². The van der Waals surface area contributed by atoms with Gasteiger partial charge in [-0.25, -0.2) is 0 Å². The van der Waals surface area contributed by atoms with Crippen molar-refractivity contribution in [1.82, 2.24) is 5.32 Å². The van der Waals surface area contributed by atoms with E-state index in [-0.39, 0.29) is 18.5 Å². The molecule has 5 N–H and O–H groups in total. The highest BCUT2D eigenvalue weighted by molar-refractivity contribution is 5.91. The molecule has 0 heterocycles. The molecule has 1 aromatic rings. The number of hydrogen-bond donors (Lipinski definition) is 3. The van der Waals surface area contributed by atoms with Gasteiger partial charge in [-0.05, 0) is 24.6 Å². The van der Waals surface area contributed by atoms with E-state index in [1.807, 2.05) is 0 Å². The minimum atomic E-state index is -4.58. The fraction of sp³-hybridized carbons (Fsp3) is 0.467. The number of ether oxygens (including phenoxy) is 1. The number of methoxy groups -OCH3 is 1. The normalized spacial score (nSPS) is 15.4. The van der Waals surface area contributed by atoms with Gasteiger partial charge < -0.3 is 21.5 Å². The molecule has 0 aliphatic carbocycles. The number of rotatable bonds is 7. The molecule has 1 rings (SSSR count). The third kappa shape index (κ3) is 4.68. The zero-order valence-electron chi connectivity index (χ0n) is 13.3. The summed E-state index contributed by atoms with van der Waals surface area (Å²) in [5.74, 6) is -1.61. The summed E-state index contributed by atoms with van der Waals surface area (Å²) in [6.45, 7) is 1.31. The number of halogens is 3. The number of amides is 2. The van der Waals surface area contributed by atoms with Gasteiger partial charge in [0.1, 0.15) is 5.54 Å². The van der Waals surface area contributed by atoms with Crippen molar-refractivity contribution in [2.75, 3.05) is 13.7 Å². The Labute approximate surface area is 137 Å². The molecule has 9 heteroatoms. The second-order valence-corrected chi connectivity index (χ2v) is 5.41. The summed E-state index contributed by atoms with van der Waals surface area (Å²) in [7, 11) is 1.37. The number of carbonyl (C=O) groups excluding carboxylic acids is 2. The van der Waals surface area contributed by atoms with E-state index in [2.05, 4.69) is 5.32 Å². The lowest BCUT2D eigenvalue weighted by molar-refractivity contribution is -0.138. The summed E-state index contributed by atoms with van der Waals surface area (Å²) in [5.41, 5.74) is 7.91. The van der Waals surface area contributed by atoms with Crippen molar-refractivity contribution < 1.29 is 27.5 Å². The van der Waals surface area contributed by atoms with Gasteiger partial charge in [0.2, 0.25) is 11.8 Å². The summed E-state index contributed by atoms with van der Waals surface area (Å²) in [5, 5.41) is 2.37. The van der Waals surface area contributed by atoms with Crippen LogP contribution in [0.2, 0.25) is 0 Å². The second-order valence-electron chi connectivity index (χ2n) is 5.41. The summed E-state index contributed by atoms with van der Waals surface area (Å²) >= 11 is 0. The lowest BCUT2D eigenvalue weighted by Gasteiger charge is -2.29. The van der Waals surface area contributed by atoms with Crippen molar-refractivity contribution in [2.45, 2.75) is 31.2 Å². The standard InChI is InChI=1S/C15H20F3N3O3/c1-14(13(20)23,21-12(22)7-11(8-19)24-2)9-4-3-5-10(6-9)15(16,17)18/h3-6,11H,7-8,19H2,1-2H3,(H2,20,23)(H,21,22). The van der Waals surface area contributed by atoms with Gasteiger partial charge in [-0.15, -0.1) is 0 Å². The Morgan fingerprint density at radius 1 is 1.29 bits per heavy atom. The molecule has 0 bridgehead atoms. The molecule has 0 aliphatic heterocycles. The Morgan fingerprint density at radius 2 is 1.88 bits per heavy atom. The molecule has 6 nitrogen and oxygen atoms in total. The largest absolute Gasteiger partial charge is 0.416 e. The maximum atomic E-state index is 12.8. The summed E-state index contributed by atoms with van der Waals surface area (Å²) in [4.78, 5) is 23.9. The highest BCUT2D eigenvalue weighted by Gasteiger charge is 2.38. The van der Waals surface area contributed by atoms with Gasteiger partial charge in [0.15, 0.2) is 0 Å². The summed E-state index contributed by atoms with van der Waals surface area (Å²) in [6, 6.07) is 4.07. The molecule has 2 atom stereocenters. The average Bonchev–Trinajstić information content (AvgIpc) is 2.51. The van der Waals surface area contributed by atoms with Gasteiger partial charge in [0.25, 0.3) is 0 Å². The molecule has 0 aliphatic rings. The first-order valence-corrected chi connectivity index (χ1v) is 7.06. The molecule has 24 heavy (non-hydrogen) atoms. The first kappa shape index (κ1) is 19.9. The van der Waals surface area contributed by atoms with Crippen LogP contribution in [0.3, 0.4) is 0 Å². The lowest BCUT2D eigenvalue weighted by atomic mass is 9.89. The van der Waals surface area contributed by atoms with Crippen LogP contribution in [0.1, 0.15) is 24.5 Å². The topological polar surface area (TPSA) is 107 Å². The number of carbonyl (C=O) groups is 2. The first-order valence-electron chi connectivity index (χ1n) is 7.06. The van der Waals surface area contributed by atoms with Crippen LogP contribution in [0.25, 0.3) is 0 Å². The van der Waals surface area contributed by atoms with Crippen LogP contribution in [0.4, 0.5) is 13.2 Å². The van der Waals surface area contributed by atoms with Crippen molar-refractivity contribution in [3.8, 4) is 0 Å². The zero-order chi connectivity index (χ0) is 18.5. The van der Waals surface area contributed by atoms with E-state index in [4.69, 9.17) is 16.2 Å². The van der Waals surface area contributed by atoms with Crippen LogP contribution in [-0.2, 0) is 26.0 Å². The molecular weight excluding hydrogens is 327 g/mol. The molecule has 2 unspecified atom stereocenters. The average molecular weight is 347 g/mol. The third-order valence-corrected chi connectivity index (χ3v) is 3.66. The van der Waals surface area contributed by atoms with Crippen LogP contribution < -0.4 is 16.8 Å². The Kier molecular flexibility index (Phi) is 6.33. The number of alkyl halides is 3. The molecule has 134 valence electrons. The fourth-order valence-electron chi connectivity index (χ4n) is 2.08. The Bertz CT molecular complexity index is 603. The quantitative estimate of drug-likeness (QED) is 0.681. The van der Waals surface area contributed by atoms with Gasteiger partial charge >= 0.3 is 6.18 Å². The molecule has 0 fully saturated rings. The Hall–Kier alpha value is -2.13. The van der Waals surface area contributed by atoms with Gasteiger partial charge in [0, 0.05) is 13.7 Å². The van der Waals surface area contributed by atoms with Crippen molar-refractivity contribution in [1.29, 1.82) is 0 Å². The maximum Gasteiger partial charge on any atom is 0.416 e. The van der Waals surface area contributed by atoms with Crippen molar-refractivity contribution in [3.63, 3.8) is 0 Å². The third-order valence-electron chi connectivity index (χ3n) is 3.66. The number of nitrogens with one attached hydrogen (secondary N) is 1. The predicted octanol–water partition coefficient (Wildman–Crippen LogP) is 0.886. The van der Waals surface area contributed by atoms with Crippen LogP contribution in [0, 0.1) is 0 Å². The number of nitrogens with two attached hydrogens (primary N) is 2. The van der Waals surface area contributed by atoms with E-state index < -0.39 is 35.2 Å². The van der Waals surface area contributed by atoms with Crippen molar-refractivity contribution >= 4 is 11.8 Å². The summed E-state index contributed by atoms with van der Waals surface area (Å²) in [6.07, 6.45) is -5.32. The fourth-order valence-corrected chi connectivity index (χ4v) is 2.08. The second kappa shape index (κ2) is 7.63. The lowest BCUT2D eigenvalue weighted by Crippen LogP contribution is -2.53. The molecule has 0 radical (unpaired) electrons. The minimum Gasteiger partial charge on any atom is -0.380 e. The van der Waals surface area contributed by atoms with Crippen LogP contribution >= 0.6 is 0 Å². The molecule has 1 aromatic carbocycles. The van der Waals surface area contributed by atoms with E-state index in [1.165, 1.54) is 20.1 Å². The van der Waals surface area contributed by atoms with Gasteiger partial charge in [-0.3, -0.25) is 9.59 Å². The van der Waals surface area contributed by atoms with Crippen LogP contribution in [0.5, 0.6) is 0 Å². The van der Waals surface area contributed by atoms with E-state index in [1.54, 1.807) is 0 Å². The Morgan fingerprint density at radius 3 is 2.33 bits per heavy atom. The van der Waals surface area contributed by atoms with Gasteiger partial charge in [-0.2, -0.15) is 13.2 Å². The maximum absolute atomic E-state index is 12.8. The highest BCUT2D eigenvalue weighted by Crippen LogP contribution is 2.32. The highest BCUT2D eigenvalue weighted by atomic mass is 19.4. The number of benzene rings is 1. The predicted molar refractivity (Wildman–Crippen MR) is 80.6 cm³/mol.